The van der Waals surface area contributed by atoms with Crippen LogP contribution in [0.1, 0.15) is 13.3 Å². The van der Waals surface area contributed by atoms with Crippen LogP contribution in [0.15, 0.2) is 12.7 Å². The normalized spacial score (nSPS) is 10.6. The third kappa shape index (κ3) is 20.6. The fourth-order valence-corrected chi connectivity index (χ4v) is 1.63. The van der Waals surface area contributed by atoms with Crippen LogP contribution in [0.25, 0.3) is 0 Å². The molecule has 0 N–H and O–H groups in total. The van der Waals surface area contributed by atoms with Gasteiger partial charge < -0.3 is 33.2 Å². The van der Waals surface area contributed by atoms with Gasteiger partial charge in [-0.1, -0.05) is 6.58 Å². The van der Waals surface area contributed by atoms with Gasteiger partial charge in [0.15, 0.2) is 0 Å². The van der Waals surface area contributed by atoms with E-state index in [2.05, 4.69) is 6.58 Å². The number of esters is 2. The first kappa shape index (κ1) is 25.5. The Morgan fingerprint density at radius 2 is 1.07 bits per heavy atom. The highest BCUT2D eigenvalue weighted by atomic mass is 16.6. The van der Waals surface area contributed by atoms with E-state index in [1.54, 1.807) is 6.92 Å². The van der Waals surface area contributed by atoms with Crippen LogP contribution >= 0.6 is 0 Å². The molecule has 0 aliphatic rings. The second-order valence-electron chi connectivity index (χ2n) is 4.99. The van der Waals surface area contributed by atoms with Crippen LogP contribution in [0.4, 0.5) is 0 Å². The molecule has 0 rings (SSSR count). The maximum Gasteiger partial charge on any atom is 0.330 e. The minimum Gasteiger partial charge on any atom is -0.466 e. The van der Waals surface area contributed by atoms with E-state index in [4.69, 9.17) is 33.2 Å². The van der Waals surface area contributed by atoms with E-state index in [1.165, 1.54) is 0 Å². The molecule has 0 fully saturated rings. The van der Waals surface area contributed by atoms with Gasteiger partial charge in [0, 0.05) is 6.08 Å². The SMILES string of the molecule is C=CC(=O)OCCOCCOCCOCCOCCOCCC(=O)OCC. The maximum absolute atomic E-state index is 11.0. The Labute approximate surface area is 160 Å². The van der Waals surface area contributed by atoms with Crippen molar-refractivity contribution in [1.29, 1.82) is 0 Å². The number of rotatable bonds is 20. The van der Waals surface area contributed by atoms with Gasteiger partial charge in [-0.05, 0) is 6.92 Å². The molecule has 0 spiro atoms. The van der Waals surface area contributed by atoms with Crippen molar-refractivity contribution in [2.24, 2.45) is 0 Å². The molecule has 0 amide bonds. The van der Waals surface area contributed by atoms with E-state index in [0.717, 1.165) is 6.08 Å². The molecular weight excluding hydrogens is 360 g/mol. The summed E-state index contributed by atoms with van der Waals surface area (Å²) in [6, 6.07) is 0. The minimum absolute atomic E-state index is 0.199. The third-order valence-electron chi connectivity index (χ3n) is 2.88. The van der Waals surface area contributed by atoms with Crippen molar-refractivity contribution in [2.45, 2.75) is 13.3 Å². The first-order valence-corrected chi connectivity index (χ1v) is 9.04. The second kappa shape index (κ2) is 20.8. The van der Waals surface area contributed by atoms with Gasteiger partial charge in [0.1, 0.15) is 6.61 Å². The Balaban J connectivity index is 3.08. The molecule has 9 nitrogen and oxygen atoms in total. The van der Waals surface area contributed by atoms with Crippen LogP contribution in [0.3, 0.4) is 0 Å². The Bertz CT molecular complexity index is 374. The lowest BCUT2D eigenvalue weighted by Crippen LogP contribution is -2.15. The van der Waals surface area contributed by atoms with Crippen molar-refractivity contribution in [3.05, 3.63) is 12.7 Å². The zero-order chi connectivity index (χ0) is 20.0. The molecule has 0 saturated heterocycles. The Morgan fingerprint density at radius 3 is 1.48 bits per heavy atom. The van der Waals surface area contributed by atoms with Crippen molar-refractivity contribution in [3.8, 4) is 0 Å². The van der Waals surface area contributed by atoms with Crippen molar-refractivity contribution >= 4 is 11.9 Å². The zero-order valence-corrected chi connectivity index (χ0v) is 16.2. The number of ether oxygens (including phenoxy) is 7. The molecular formula is C18H32O9. The quantitative estimate of drug-likeness (QED) is 0.169. The fourth-order valence-electron chi connectivity index (χ4n) is 1.63. The van der Waals surface area contributed by atoms with Gasteiger partial charge >= 0.3 is 11.9 Å². The van der Waals surface area contributed by atoms with E-state index in [0.29, 0.717) is 72.7 Å². The molecule has 9 heteroatoms. The summed E-state index contributed by atoms with van der Waals surface area (Å²) < 4.78 is 36.0. The maximum atomic E-state index is 11.0. The Hall–Kier alpha value is -1.52. The summed E-state index contributed by atoms with van der Waals surface area (Å²) in [7, 11) is 0. The van der Waals surface area contributed by atoms with Crippen LogP contribution in [0, 0.1) is 0 Å². The Kier molecular flexibility index (Phi) is 19.6. The van der Waals surface area contributed by atoms with Crippen molar-refractivity contribution < 1.29 is 42.7 Å². The van der Waals surface area contributed by atoms with Gasteiger partial charge in [-0.2, -0.15) is 0 Å². The van der Waals surface area contributed by atoms with Crippen LogP contribution in [0.2, 0.25) is 0 Å². The highest BCUT2D eigenvalue weighted by Crippen LogP contribution is 1.89. The van der Waals surface area contributed by atoms with E-state index in [9.17, 15) is 9.59 Å². The summed E-state index contributed by atoms with van der Waals surface area (Å²) in [6.45, 7) is 9.90. The summed E-state index contributed by atoms with van der Waals surface area (Å²) in [5, 5.41) is 0. The summed E-state index contributed by atoms with van der Waals surface area (Å²) in [6.07, 6.45) is 1.36. The van der Waals surface area contributed by atoms with Gasteiger partial charge in [0.2, 0.25) is 0 Å². The number of carbonyl (C=O) groups is 2. The summed E-state index contributed by atoms with van der Waals surface area (Å²) >= 11 is 0. The highest BCUT2D eigenvalue weighted by Gasteiger charge is 2.00. The first-order valence-electron chi connectivity index (χ1n) is 9.04. The van der Waals surface area contributed by atoms with Gasteiger partial charge in [-0.3, -0.25) is 4.79 Å². The largest absolute Gasteiger partial charge is 0.466 e. The number of hydrogen-bond acceptors (Lipinski definition) is 9. The molecule has 0 aliphatic carbocycles. The molecule has 0 bridgehead atoms. The highest BCUT2D eigenvalue weighted by molar-refractivity contribution is 5.81. The van der Waals surface area contributed by atoms with Crippen LogP contribution in [-0.2, 0) is 42.7 Å². The summed E-state index contributed by atoms with van der Waals surface area (Å²) in [5.74, 6) is -0.716. The van der Waals surface area contributed by atoms with E-state index in [-0.39, 0.29) is 19.0 Å². The lowest BCUT2D eigenvalue weighted by molar-refractivity contribution is -0.144. The van der Waals surface area contributed by atoms with E-state index in [1.807, 2.05) is 0 Å². The predicted octanol–water partition coefficient (Wildman–Crippen LogP) is 0.752. The standard InChI is InChI=1S/C18H32O9/c1-3-17(19)27-16-15-25-14-13-24-12-11-23-10-9-22-8-7-21-6-5-18(20)26-4-2/h3H,1,4-16H2,2H3. The molecule has 0 aromatic heterocycles. The number of hydrogen-bond donors (Lipinski definition) is 0. The van der Waals surface area contributed by atoms with Crippen molar-refractivity contribution in [3.63, 3.8) is 0 Å². The lowest BCUT2D eigenvalue weighted by Gasteiger charge is -2.08. The lowest BCUT2D eigenvalue weighted by atomic mass is 10.5. The third-order valence-corrected chi connectivity index (χ3v) is 2.88. The van der Waals surface area contributed by atoms with Crippen LogP contribution in [-0.4, -0.2) is 91.2 Å². The van der Waals surface area contributed by atoms with Gasteiger partial charge in [0.25, 0.3) is 0 Å². The molecule has 27 heavy (non-hydrogen) atoms. The molecule has 0 saturated carbocycles. The van der Waals surface area contributed by atoms with Gasteiger partial charge in [0.05, 0.1) is 79.1 Å². The molecule has 0 aromatic rings. The Morgan fingerprint density at radius 1 is 0.667 bits per heavy atom. The molecule has 0 unspecified atom stereocenters. The molecule has 0 heterocycles. The van der Waals surface area contributed by atoms with Crippen LogP contribution in [0.5, 0.6) is 0 Å². The topological polar surface area (TPSA) is 98.8 Å². The predicted molar refractivity (Wildman–Crippen MR) is 96.5 cm³/mol. The monoisotopic (exact) mass is 392 g/mol. The van der Waals surface area contributed by atoms with Crippen molar-refractivity contribution in [2.75, 3.05) is 79.3 Å². The van der Waals surface area contributed by atoms with Gasteiger partial charge in [-0.15, -0.1) is 0 Å². The van der Waals surface area contributed by atoms with E-state index < -0.39 is 5.97 Å². The smallest absolute Gasteiger partial charge is 0.330 e. The molecule has 0 aromatic carbocycles. The zero-order valence-electron chi connectivity index (χ0n) is 16.2. The molecule has 0 aliphatic heterocycles. The molecule has 0 atom stereocenters. The molecule has 0 radical (unpaired) electrons. The average molecular weight is 392 g/mol. The fraction of sp³-hybridized carbons (Fsp3) is 0.778. The van der Waals surface area contributed by atoms with E-state index >= 15 is 0 Å². The second-order valence-corrected chi connectivity index (χ2v) is 4.99. The van der Waals surface area contributed by atoms with Gasteiger partial charge in [-0.25, -0.2) is 4.79 Å². The summed E-state index contributed by atoms with van der Waals surface area (Å²) in [4.78, 5) is 21.8. The average Bonchev–Trinajstić information content (AvgIpc) is 2.67. The first-order chi connectivity index (χ1) is 13.2. The summed E-state index contributed by atoms with van der Waals surface area (Å²) in [5.41, 5.74) is 0. The number of carbonyl (C=O) groups excluding carboxylic acids is 2. The van der Waals surface area contributed by atoms with Crippen LogP contribution < -0.4 is 0 Å². The van der Waals surface area contributed by atoms with Crippen molar-refractivity contribution in [1.82, 2.24) is 0 Å². The minimum atomic E-state index is -0.461. The molecule has 158 valence electrons.